The maximum Gasteiger partial charge on any atom is 0.475 e. The zero-order valence-corrected chi connectivity index (χ0v) is 10.3. The van der Waals surface area contributed by atoms with Gasteiger partial charge in [-0.1, -0.05) is 6.42 Å². The Morgan fingerprint density at radius 2 is 2.06 bits per heavy atom. The van der Waals surface area contributed by atoms with E-state index in [-0.39, 0.29) is 17.9 Å². The van der Waals surface area contributed by atoms with Gasteiger partial charge in [-0.05, 0) is 32.7 Å². The first-order valence-corrected chi connectivity index (χ1v) is 6.49. The molecule has 1 aliphatic carbocycles. The quantitative estimate of drug-likeness (QED) is 0.575. The molecule has 0 aromatic rings. The lowest BCUT2D eigenvalue weighted by atomic mass is 9.77. The zero-order chi connectivity index (χ0) is 12.4. The van der Waals surface area contributed by atoms with E-state index in [9.17, 15) is 14.8 Å². The Labute approximate surface area is 102 Å². The van der Waals surface area contributed by atoms with Gasteiger partial charge in [-0.2, -0.15) is 0 Å². The van der Waals surface area contributed by atoms with Crippen LogP contribution in [-0.2, 0) is 4.79 Å². The minimum atomic E-state index is -1.41. The van der Waals surface area contributed by atoms with Gasteiger partial charge in [-0.15, -0.1) is 0 Å². The van der Waals surface area contributed by atoms with Gasteiger partial charge in [0, 0.05) is 12.6 Å². The smallest absolute Gasteiger partial charge is 0.426 e. The minimum Gasteiger partial charge on any atom is -0.426 e. The Morgan fingerprint density at radius 1 is 1.29 bits per heavy atom. The highest BCUT2D eigenvalue weighted by atomic mass is 16.4. The van der Waals surface area contributed by atoms with Crippen molar-refractivity contribution < 1.29 is 14.8 Å². The van der Waals surface area contributed by atoms with Gasteiger partial charge in [0.1, 0.15) is 0 Å². The Bertz CT molecular complexity index is 288. The molecule has 3 atom stereocenters. The highest BCUT2D eigenvalue weighted by Crippen LogP contribution is 2.30. The molecular weight excluding hydrogens is 219 g/mol. The lowest BCUT2D eigenvalue weighted by Gasteiger charge is -2.29. The first-order chi connectivity index (χ1) is 8.15. The van der Waals surface area contributed by atoms with Crippen molar-refractivity contribution in [3.8, 4) is 0 Å². The van der Waals surface area contributed by atoms with Crippen molar-refractivity contribution in [3.05, 3.63) is 0 Å². The summed E-state index contributed by atoms with van der Waals surface area (Å²) in [4.78, 5) is 14.1. The van der Waals surface area contributed by atoms with Crippen LogP contribution in [0, 0.1) is 5.92 Å². The van der Waals surface area contributed by atoms with Crippen LogP contribution < -0.4 is 5.32 Å². The van der Waals surface area contributed by atoms with Gasteiger partial charge in [-0.3, -0.25) is 4.79 Å². The highest BCUT2D eigenvalue weighted by Gasteiger charge is 2.42. The number of nitrogens with zero attached hydrogens (tertiary/aromatic N) is 1. The molecule has 1 saturated heterocycles. The Hall–Kier alpha value is -0.585. The number of carbonyl (C=O) groups is 1. The van der Waals surface area contributed by atoms with E-state index in [2.05, 4.69) is 5.32 Å². The van der Waals surface area contributed by atoms with Crippen LogP contribution in [0.3, 0.4) is 0 Å². The first kappa shape index (κ1) is 12.9. The average Bonchev–Trinajstić information content (AvgIpc) is 2.96. The van der Waals surface area contributed by atoms with Gasteiger partial charge in [0.15, 0.2) is 0 Å². The molecule has 6 heteroatoms. The number of hydrogen-bond acceptors (Lipinski definition) is 4. The highest BCUT2D eigenvalue weighted by molar-refractivity contribution is 6.43. The summed E-state index contributed by atoms with van der Waals surface area (Å²) in [6, 6.07) is 0.250. The molecule has 3 N–H and O–H groups in total. The molecule has 0 aromatic heterocycles. The summed E-state index contributed by atoms with van der Waals surface area (Å²) in [6.07, 6.45) is 4.58. The monoisotopic (exact) mass is 240 g/mol. The molecule has 2 rings (SSSR count). The molecule has 0 radical (unpaired) electrons. The van der Waals surface area contributed by atoms with Crippen LogP contribution in [0.5, 0.6) is 0 Å². The van der Waals surface area contributed by atoms with Gasteiger partial charge in [0.2, 0.25) is 5.91 Å². The zero-order valence-electron chi connectivity index (χ0n) is 10.3. The second-order valence-corrected chi connectivity index (χ2v) is 5.09. The molecule has 1 heterocycles. The third-order valence-electron chi connectivity index (χ3n) is 4.13. The number of amides is 1. The standard InChI is InChI=1S/C11H21BN2O3/c1-13-9-5-2-4-8(9)11(15)14-7-3-6-10(14)12(16)17/h8-10,13,16-17H,2-7H2,1H3/t8-,9-,10+/m1/s1. The van der Waals surface area contributed by atoms with Gasteiger partial charge in [0.05, 0.1) is 11.9 Å². The molecule has 1 amide bonds. The van der Waals surface area contributed by atoms with Crippen molar-refractivity contribution >= 4 is 13.0 Å². The van der Waals surface area contributed by atoms with E-state index in [1.807, 2.05) is 7.05 Å². The topological polar surface area (TPSA) is 72.8 Å². The predicted octanol–water partition coefficient (Wildman–Crippen LogP) is -0.622. The van der Waals surface area contributed by atoms with Crippen molar-refractivity contribution in [2.75, 3.05) is 13.6 Å². The summed E-state index contributed by atoms with van der Waals surface area (Å²) in [5.74, 6) is -0.294. The molecule has 17 heavy (non-hydrogen) atoms. The fourth-order valence-electron chi connectivity index (χ4n) is 3.19. The number of nitrogens with one attached hydrogen (secondary N) is 1. The molecule has 0 aromatic carbocycles. The summed E-state index contributed by atoms with van der Waals surface area (Å²) in [5, 5.41) is 21.8. The molecule has 5 nitrogen and oxygen atoms in total. The molecule has 2 fully saturated rings. The Morgan fingerprint density at radius 3 is 2.71 bits per heavy atom. The van der Waals surface area contributed by atoms with Crippen molar-refractivity contribution in [3.63, 3.8) is 0 Å². The van der Waals surface area contributed by atoms with Gasteiger partial charge < -0.3 is 20.3 Å². The van der Waals surface area contributed by atoms with Crippen LogP contribution >= 0.6 is 0 Å². The molecule has 1 aliphatic heterocycles. The van der Waals surface area contributed by atoms with Crippen molar-refractivity contribution in [1.82, 2.24) is 10.2 Å². The minimum absolute atomic E-state index is 0.0133. The molecule has 96 valence electrons. The van der Waals surface area contributed by atoms with Crippen LogP contribution in [0.4, 0.5) is 0 Å². The fraction of sp³-hybridized carbons (Fsp3) is 0.909. The average molecular weight is 240 g/mol. The van der Waals surface area contributed by atoms with E-state index >= 15 is 0 Å². The summed E-state index contributed by atoms with van der Waals surface area (Å²) < 4.78 is 0. The Balaban J connectivity index is 2.03. The van der Waals surface area contributed by atoms with E-state index in [1.165, 1.54) is 0 Å². The number of likely N-dealkylation sites (tertiary alicyclic amines) is 1. The van der Waals surface area contributed by atoms with Crippen molar-refractivity contribution in [2.45, 2.75) is 44.1 Å². The van der Waals surface area contributed by atoms with Crippen LogP contribution in [-0.4, -0.2) is 53.5 Å². The summed E-state index contributed by atoms with van der Waals surface area (Å²) in [6.45, 7) is 0.661. The van der Waals surface area contributed by atoms with Crippen LogP contribution in [0.1, 0.15) is 32.1 Å². The van der Waals surface area contributed by atoms with E-state index in [1.54, 1.807) is 4.90 Å². The molecular formula is C11H21BN2O3. The number of rotatable bonds is 3. The molecule has 0 unspecified atom stereocenters. The van der Waals surface area contributed by atoms with E-state index < -0.39 is 13.1 Å². The van der Waals surface area contributed by atoms with Gasteiger partial charge in [-0.25, -0.2) is 0 Å². The molecule has 2 aliphatic rings. The third-order valence-corrected chi connectivity index (χ3v) is 4.13. The van der Waals surface area contributed by atoms with Crippen molar-refractivity contribution in [1.29, 1.82) is 0 Å². The lowest BCUT2D eigenvalue weighted by molar-refractivity contribution is -0.136. The second-order valence-electron chi connectivity index (χ2n) is 5.09. The molecule has 0 bridgehead atoms. The van der Waals surface area contributed by atoms with Gasteiger partial charge >= 0.3 is 7.12 Å². The fourth-order valence-corrected chi connectivity index (χ4v) is 3.19. The van der Waals surface area contributed by atoms with Crippen LogP contribution in [0.2, 0.25) is 0 Å². The maximum atomic E-state index is 12.4. The normalized spacial score (nSPS) is 33.1. The number of hydrogen-bond donors (Lipinski definition) is 3. The molecule has 0 spiro atoms. The van der Waals surface area contributed by atoms with E-state index in [4.69, 9.17) is 0 Å². The second kappa shape index (κ2) is 5.37. The van der Waals surface area contributed by atoms with E-state index in [0.717, 1.165) is 25.7 Å². The first-order valence-electron chi connectivity index (χ1n) is 6.49. The summed E-state index contributed by atoms with van der Waals surface area (Å²) >= 11 is 0. The number of carbonyl (C=O) groups excluding carboxylic acids is 1. The van der Waals surface area contributed by atoms with Crippen LogP contribution in [0.15, 0.2) is 0 Å². The maximum absolute atomic E-state index is 12.4. The largest absolute Gasteiger partial charge is 0.475 e. The third kappa shape index (κ3) is 2.48. The SMILES string of the molecule is CN[C@@H]1CCC[C@H]1C(=O)N1CCC[C@H]1B(O)O. The van der Waals surface area contributed by atoms with Crippen molar-refractivity contribution in [2.24, 2.45) is 5.92 Å². The predicted molar refractivity (Wildman–Crippen MR) is 65.1 cm³/mol. The van der Waals surface area contributed by atoms with Crippen LogP contribution in [0.25, 0.3) is 0 Å². The lowest BCUT2D eigenvalue weighted by Crippen LogP contribution is -2.50. The van der Waals surface area contributed by atoms with E-state index in [0.29, 0.717) is 13.0 Å². The summed E-state index contributed by atoms with van der Waals surface area (Å²) in [7, 11) is 0.481. The summed E-state index contributed by atoms with van der Waals surface area (Å²) in [5.41, 5.74) is 0. The Kier molecular flexibility index (Phi) is 4.07. The van der Waals surface area contributed by atoms with Gasteiger partial charge in [0.25, 0.3) is 0 Å². The molecule has 1 saturated carbocycles.